The summed E-state index contributed by atoms with van der Waals surface area (Å²) in [6, 6.07) is 3.14. The molecule has 0 fully saturated rings. The number of nitrogens with one attached hydrogen (secondary N) is 1. The SMILES string of the molecule is CC(OC(=O)c1ccc(N)c(Cl)c1)C(=O)NC(N)=O. The zero-order valence-electron chi connectivity index (χ0n) is 9.98. The number of benzene rings is 1. The Morgan fingerprint density at radius 1 is 1.37 bits per heavy atom. The fraction of sp³-hybridized carbons (Fsp3) is 0.182. The van der Waals surface area contributed by atoms with E-state index in [1.54, 1.807) is 5.32 Å². The maximum atomic E-state index is 11.7. The summed E-state index contributed by atoms with van der Waals surface area (Å²) in [6.45, 7) is 1.30. The molecule has 19 heavy (non-hydrogen) atoms. The minimum atomic E-state index is -1.17. The second kappa shape index (κ2) is 6.05. The molecule has 1 aromatic rings. The first-order chi connectivity index (χ1) is 8.81. The Hall–Kier alpha value is -2.28. The van der Waals surface area contributed by atoms with Gasteiger partial charge in [-0.1, -0.05) is 11.6 Å². The van der Waals surface area contributed by atoms with Crippen LogP contribution >= 0.6 is 11.6 Å². The van der Waals surface area contributed by atoms with Gasteiger partial charge in [-0.05, 0) is 25.1 Å². The van der Waals surface area contributed by atoms with E-state index in [-0.39, 0.29) is 10.6 Å². The van der Waals surface area contributed by atoms with E-state index in [4.69, 9.17) is 27.8 Å². The Balaban J connectivity index is 2.71. The molecule has 1 rings (SSSR count). The molecular formula is C11H12ClN3O4. The van der Waals surface area contributed by atoms with Crippen LogP contribution in [-0.4, -0.2) is 24.0 Å². The summed E-state index contributed by atoms with van der Waals surface area (Å²) < 4.78 is 4.84. The maximum absolute atomic E-state index is 11.7. The third kappa shape index (κ3) is 4.14. The van der Waals surface area contributed by atoms with Gasteiger partial charge >= 0.3 is 12.0 Å². The number of carbonyl (C=O) groups excluding carboxylic acids is 3. The highest BCUT2D eigenvalue weighted by molar-refractivity contribution is 6.33. The van der Waals surface area contributed by atoms with Gasteiger partial charge in [-0.15, -0.1) is 0 Å². The average Bonchev–Trinajstić information content (AvgIpc) is 2.31. The predicted molar refractivity (Wildman–Crippen MR) is 68.5 cm³/mol. The number of anilines is 1. The molecule has 1 unspecified atom stereocenters. The summed E-state index contributed by atoms with van der Waals surface area (Å²) in [5.74, 6) is -1.59. The Morgan fingerprint density at radius 3 is 2.53 bits per heavy atom. The lowest BCUT2D eigenvalue weighted by atomic mass is 10.2. The van der Waals surface area contributed by atoms with E-state index >= 15 is 0 Å². The number of rotatable bonds is 3. The number of hydrogen-bond donors (Lipinski definition) is 3. The Kier molecular flexibility index (Phi) is 4.71. The zero-order chi connectivity index (χ0) is 14.6. The molecule has 0 heterocycles. The second-order valence-electron chi connectivity index (χ2n) is 3.64. The number of hydrogen-bond acceptors (Lipinski definition) is 5. The van der Waals surface area contributed by atoms with E-state index in [1.807, 2.05) is 0 Å². The van der Waals surface area contributed by atoms with Crippen LogP contribution in [0.15, 0.2) is 18.2 Å². The summed E-state index contributed by atoms with van der Waals surface area (Å²) in [6.07, 6.45) is -1.17. The van der Waals surface area contributed by atoms with Crippen molar-refractivity contribution in [2.45, 2.75) is 13.0 Å². The monoisotopic (exact) mass is 285 g/mol. The largest absolute Gasteiger partial charge is 0.449 e. The van der Waals surface area contributed by atoms with E-state index in [0.29, 0.717) is 5.69 Å². The number of imide groups is 1. The molecule has 0 aliphatic carbocycles. The fourth-order valence-electron chi connectivity index (χ4n) is 1.16. The lowest BCUT2D eigenvalue weighted by Gasteiger charge is -2.12. The Labute approximate surface area is 113 Å². The van der Waals surface area contributed by atoms with Crippen molar-refractivity contribution < 1.29 is 19.1 Å². The van der Waals surface area contributed by atoms with Crippen molar-refractivity contribution in [3.63, 3.8) is 0 Å². The Morgan fingerprint density at radius 2 is 2.00 bits per heavy atom. The van der Waals surface area contributed by atoms with Gasteiger partial charge < -0.3 is 16.2 Å². The molecule has 1 aromatic carbocycles. The van der Waals surface area contributed by atoms with Crippen molar-refractivity contribution in [3.8, 4) is 0 Å². The van der Waals surface area contributed by atoms with Crippen LogP contribution in [0.25, 0.3) is 0 Å². The van der Waals surface area contributed by atoms with Gasteiger partial charge in [0.1, 0.15) is 0 Å². The number of halogens is 1. The summed E-state index contributed by atoms with van der Waals surface area (Å²) in [5, 5.41) is 1.99. The second-order valence-corrected chi connectivity index (χ2v) is 4.04. The van der Waals surface area contributed by atoms with Crippen molar-refractivity contribution in [3.05, 3.63) is 28.8 Å². The normalized spacial score (nSPS) is 11.5. The van der Waals surface area contributed by atoms with Crippen LogP contribution in [0.5, 0.6) is 0 Å². The van der Waals surface area contributed by atoms with Crippen LogP contribution in [0.3, 0.4) is 0 Å². The quantitative estimate of drug-likeness (QED) is 0.556. The van der Waals surface area contributed by atoms with E-state index in [1.165, 1.54) is 25.1 Å². The first kappa shape index (κ1) is 14.8. The number of ether oxygens (including phenoxy) is 1. The van der Waals surface area contributed by atoms with Gasteiger partial charge in [-0.2, -0.15) is 0 Å². The lowest BCUT2D eigenvalue weighted by molar-refractivity contribution is -0.127. The van der Waals surface area contributed by atoms with Gasteiger partial charge in [0.2, 0.25) is 0 Å². The first-order valence-electron chi connectivity index (χ1n) is 5.17. The molecule has 7 nitrogen and oxygen atoms in total. The maximum Gasteiger partial charge on any atom is 0.338 e. The molecule has 5 N–H and O–H groups in total. The third-order valence-electron chi connectivity index (χ3n) is 2.14. The number of primary amides is 1. The molecule has 0 aliphatic rings. The number of amides is 3. The van der Waals surface area contributed by atoms with Crippen molar-refractivity contribution in [2.75, 3.05) is 5.73 Å². The lowest BCUT2D eigenvalue weighted by Crippen LogP contribution is -2.42. The number of nitrogens with two attached hydrogens (primary N) is 2. The van der Waals surface area contributed by atoms with E-state index in [0.717, 1.165) is 0 Å². The zero-order valence-corrected chi connectivity index (χ0v) is 10.7. The van der Waals surface area contributed by atoms with Crippen LogP contribution in [-0.2, 0) is 9.53 Å². The molecule has 0 saturated carbocycles. The van der Waals surface area contributed by atoms with Gasteiger partial charge in [-0.25, -0.2) is 9.59 Å². The number of carbonyl (C=O) groups is 3. The minimum Gasteiger partial charge on any atom is -0.449 e. The third-order valence-corrected chi connectivity index (χ3v) is 2.46. The smallest absolute Gasteiger partial charge is 0.338 e. The first-order valence-corrected chi connectivity index (χ1v) is 5.55. The highest BCUT2D eigenvalue weighted by atomic mass is 35.5. The van der Waals surface area contributed by atoms with Crippen LogP contribution in [0.2, 0.25) is 5.02 Å². The molecule has 3 amide bonds. The highest BCUT2D eigenvalue weighted by Gasteiger charge is 2.20. The number of nitrogen functional groups attached to an aromatic ring is 1. The molecule has 1 atom stereocenters. The number of urea groups is 1. The summed E-state index contributed by atoms with van der Waals surface area (Å²) in [5.41, 5.74) is 10.7. The minimum absolute atomic E-state index is 0.137. The molecule has 0 saturated heterocycles. The van der Waals surface area contributed by atoms with Crippen molar-refractivity contribution in [2.24, 2.45) is 5.73 Å². The molecule has 0 spiro atoms. The molecule has 0 aliphatic heterocycles. The topological polar surface area (TPSA) is 125 Å². The standard InChI is InChI=1S/C11H12ClN3O4/c1-5(9(16)15-11(14)18)19-10(17)6-2-3-8(13)7(12)4-6/h2-5H,13H2,1H3,(H3,14,15,16,18). The summed E-state index contributed by atoms with van der Waals surface area (Å²) in [4.78, 5) is 33.5. The number of esters is 1. The predicted octanol–water partition coefficient (Wildman–Crippen LogP) is 0.662. The fourth-order valence-corrected chi connectivity index (χ4v) is 1.34. The Bertz CT molecular complexity index is 533. The van der Waals surface area contributed by atoms with Crippen molar-refractivity contribution in [1.29, 1.82) is 0 Å². The molecule has 0 aromatic heterocycles. The van der Waals surface area contributed by atoms with Gasteiger partial charge in [-0.3, -0.25) is 10.1 Å². The van der Waals surface area contributed by atoms with Crippen molar-refractivity contribution >= 4 is 35.2 Å². The van der Waals surface area contributed by atoms with Crippen molar-refractivity contribution in [1.82, 2.24) is 5.32 Å². The summed E-state index contributed by atoms with van der Waals surface area (Å²) >= 11 is 5.75. The molecule has 8 heteroatoms. The van der Waals surface area contributed by atoms with Crippen LogP contribution in [0, 0.1) is 0 Å². The van der Waals surface area contributed by atoms with Gasteiger partial charge in [0, 0.05) is 0 Å². The van der Waals surface area contributed by atoms with E-state index < -0.39 is 24.0 Å². The van der Waals surface area contributed by atoms with Crippen LogP contribution < -0.4 is 16.8 Å². The summed E-state index contributed by atoms with van der Waals surface area (Å²) in [7, 11) is 0. The molecule has 0 bridgehead atoms. The molecule has 102 valence electrons. The van der Waals surface area contributed by atoms with Gasteiger partial charge in [0.15, 0.2) is 6.10 Å². The van der Waals surface area contributed by atoms with E-state index in [9.17, 15) is 14.4 Å². The average molecular weight is 286 g/mol. The van der Waals surface area contributed by atoms with Gasteiger partial charge in [0.25, 0.3) is 5.91 Å². The molecular weight excluding hydrogens is 274 g/mol. The van der Waals surface area contributed by atoms with Crippen LogP contribution in [0.4, 0.5) is 10.5 Å². The van der Waals surface area contributed by atoms with Gasteiger partial charge in [0.05, 0.1) is 16.3 Å². The van der Waals surface area contributed by atoms with Crippen LogP contribution in [0.1, 0.15) is 17.3 Å². The molecule has 0 radical (unpaired) electrons. The highest BCUT2D eigenvalue weighted by Crippen LogP contribution is 2.20. The van der Waals surface area contributed by atoms with E-state index in [2.05, 4.69) is 0 Å².